The van der Waals surface area contributed by atoms with Crippen LogP contribution in [-0.2, 0) is 9.59 Å². The van der Waals surface area contributed by atoms with Crippen molar-refractivity contribution < 1.29 is 14.0 Å². The second-order valence-corrected chi connectivity index (χ2v) is 9.28. The van der Waals surface area contributed by atoms with Gasteiger partial charge in [-0.1, -0.05) is 31.2 Å². The molecule has 6 nitrogen and oxygen atoms in total. The fraction of sp³-hybridized carbons (Fsp3) is 0.417. The smallest absolute Gasteiger partial charge is 0.240 e. The molecule has 0 radical (unpaired) electrons. The highest BCUT2D eigenvalue weighted by Gasteiger charge is 2.33. The van der Waals surface area contributed by atoms with Gasteiger partial charge in [0.1, 0.15) is 12.4 Å². The number of thioether (sulfide) groups is 1. The van der Waals surface area contributed by atoms with Crippen LogP contribution < -0.4 is 15.1 Å². The van der Waals surface area contributed by atoms with Crippen LogP contribution in [0.1, 0.15) is 13.3 Å². The van der Waals surface area contributed by atoms with E-state index in [1.165, 1.54) is 6.07 Å². The SMILES string of the molecule is CCC1Sc2ccccc2N(CC(=O)NCCN2CCN(c3ccccc3F)CC2)C1=O. The molecule has 2 aromatic carbocycles. The summed E-state index contributed by atoms with van der Waals surface area (Å²) in [6.07, 6.45) is 0.731. The van der Waals surface area contributed by atoms with E-state index < -0.39 is 0 Å². The van der Waals surface area contributed by atoms with Crippen LogP contribution in [0.25, 0.3) is 0 Å². The summed E-state index contributed by atoms with van der Waals surface area (Å²) in [5.74, 6) is -0.346. The number of hydrogen-bond donors (Lipinski definition) is 1. The van der Waals surface area contributed by atoms with E-state index in [0.717, 1.165) is 49.7 Å². The number of carbonyl (C=O) groups is 2. The number of nitrogens with one attached hydrogen (secondary N) is 1. The number of halogens is 1. The number of nitrogens with zero attached hydrogens (tertiary/aromatic N) is 3. The van der Waals surface area contributed by atoms with Gasteiger partial charge in [0.25, 0.3) is 0 Å². The van der Waals surface area contributed by atoms with Crippen molar-refractivity contribution in [2.45, 2.75) is 23.5 Å². The third-order valence-corrected chi connectivity index (χ3v) is 7.37. The van der Waals surface area contributed by atoms with E-state index in [0.29, 0.717) is 12.2 Å². The standard InChI is InChI=1S/C24H29FN4O2S/c1-2-21-24(31)29(20-9-5-6-10-22(20)32-21)17-23(30)26-11-12-27-13-15-28(16-14-27)19-8-4-3-7-18(19)25/h3-10,21H,2,11-17H2,1H3,(H,26,30). The van der Waals surface area contributed by atoms with Crippen LogP contribution in [0.5, 0.6) is 0 Å². The maximum atomic E-state index is 14.0. The van der Waals surface area contributed by atoms with Crippen molar-refractivity contribution in [3.63, 3.8) is 0 Å². The van der Waals surface area contributed by atoms with Crippen molar-refractivity contribution in [1.29, 1.82) is 0 Å². The number of para-hydroxylation sites is 2. The van der Waals surface area contributed by atoms with Crippen LogP contribution >= 0.6 is 11.8 Å². The first-order chi connectivity index (χ1) is 15.6. The van der Waals surface area contributed by atoms with Gasteiger partial charge in [-0.15, -0.1) is 11.8 Å². The molecule has 2 amide bonds. The first kappa shape index (κ1) is 22.6. The lowest BCUT2D eigenvalue weighted by Crippen LogP contribution is -2.50. The molecule has 0 spiro atoms. The molecule has 1 atom stereocenters. The topological polar surface area (TPSA) is 55.9 Å². The molecule has 4 rings (SSSR count). The molecular weight excluding hydrogens is 427 g/mol. The second kappa shape index (κ2) is 10.4. The Morgan fingerprint density at radius 3 is 2.47 bits per heavy atom. The molecule has 170 valence electrons. The summed E-state index contributed by atoms with van der Waals surface area (Å²) in [4.78, 5) is 32.4. The van der Waals surface area contributed by atoms with Crippen LogP contribution in [0, 0.1) is 5.82 Å². The lowest BCUT2D eigenvalue weighted by atomic mass is 10.2. The number of benzene rings is 2. The van der Waals surface area contributed by atoms with Crippen molar-refractivity contribution in [3.05, 3.63) is 54.3 Å². The molecule has 2 aromatic rings. The fourth-order valence-electron chi connectivity index (χ4n) is 4.17. The molecule has 32 heavy (non-hydrogen) atoms. The van der Waals surface area contributed by atoms with E-state index in [-0.39, 0.29) is 29.4 Å². The van der Waals surface area contributed by atoms with E-state index >= 15 is 0 Å². The van der Waals surface area contributed by atoms with E-state index in [4.69, 9.17) is 0 Å². The van der Waals surface area contributed by atoms with E-state index in [1.807, 2.05) is 43.3 Å². The van der Waals surface area contributed by atoms with Gasteiger partial charge in [-0.2, -0.15) is 0 Å². The molecule has 0 bridgehead atoms. The zero-order chi connectivity index (χ0) is 22.5. The van der Waals surface area contributed by atoms with Crippen molar-refractivity contribution >= 4 is 35.0 Å². The van der Waals surface area contributed by atoms with Gasteiger partial charge in [0.15, 0.2) is 0 Å². The Labute approximate surface area is 192 Å². The predicted molar refractivity (Wildman–Crippen MR) is 127 cm³/mol. The maximum absolute atomic E-state index is 14.0. The van der Waals surface area contributed by atoms with Gasteiger partial charge in [-0.05, 0) is 30.7 Å². The number of anilines is 2. The number of piperazine rings is 1. The average molecular weight is 457 g/mol. The third-order valence-electron chi connectivity index (χ3n) is 5.95. The molecular formula is C24H29FN4O2S. The van der Waals surface area contributed by atoms with E-state index in [2.05, 4.69) is 15.1 Å². The van der Waals surface area contributed by atoms with Gasteiger partial charge >= 0.3 is 0 Å². The Morgan fingerprint density at radius 1 is 1.06 bits per heavy atom. The monoisotopic (exact) mass is 456 g/mol. The summed E-state index contributed by atoms with van der Waals surface area (Å²) >= 11 is 1.57. The highest BCUT2D eigenvalue weighted by molar-refractivity contribution is 8.01. The van der Waals surface area contributed by atoms with E-state index in [9.17, 15) is 14.0 Å². The number of hydrogen-bond acceptors (Lipinski definition) is 5. The molecule has 0 aromatic heterocycles. The second-order valence-electron chi connectivity index (χ2n) is 8.04. The average Bonchev–Trinajstić information content (AvgIpc) is 2.81. The Bertz CT molecular complexity index is 965. The third kappa shape index (κ3) is 5.07. The normalized spacial score (nSPS) is 19.1. The van der Waals surface area contributed by atoms with Gasteiger partial charge in [0, 0.05) is 44.2 Å². The first-order valence-electron chi connectivity index (χ1n) is 11.1. The highest BCUT2D eigenvalue weighted by atomic mass is 32.2. The summed E-state index contributed by atoms with van der Waals surface area (Å²) in [5, 5.41) is 2.81. The van der Waals surface area contributed by atoms with Gasteiger partial charge in [-0.3, -0.25) is 14.5 Å². The summed E-state index contributed by atoms with van der Waals surface area (Å²) in [7, 11) is 0. The van der Waals surface area contributed by atoms with Crippen LogP contribution in [-0.4, -0.2) is 67.8 Å². The molecule has 2 aliphatic rings. The number of rotatable bonds is 7. The molecule has 8 heteroatoms. The minimum absolute atomic E-state index is 0.00406. The molecule has 2 aliphatic heterocycles. The zero-order valence-corrected chi connectivity index (χ0v) is 19.1. The molecule has 1 unspecified atom stereocenters. The van der Waals surface area contributed by atoms with Gasteiger partial charge in [-0.25, -0.2) is 4.39 Å². The summed E-state index contributed by atoms with van der Waals surface area (Å²) in [6, 6.07) is 14.6. The summed E-state index contributed by atoms with van der Waals surface area (Å²) < 4.78 is 14.0. The summed E-state index contributed by atoms with van der Waals surface area (Å²) in [6.45, 7) is 6.42. The molecule has 2 heterocycles. The molecule has 0 aliphatic carbocycles. The zero-order valence-electron chi connectivity index (χ0n) is 18.3. The minimum atomic E-state index is -0.189. The molecule has 1 saturated heterocycles. The molecule has 1 fully saturated rings. The fourth-order valence-corrected chi connectivity index (χ4v) is 5.33. The molecule has 0 saturated carbocycles. The Morgan fingerprint density at radius 2 is 1.75 bits per heavy atom. The van der Waals surface area contributed by atoms with Crippen LogP contribution in [0.4, 0.5) is 15.8 Å². The summed E-state index contributed by atoms with van der Waals surface area (Å²) in [5.41, 5.74) is 1.46. The van der Waals surface area contributed by atoms with Crippen molar-refractivity contribution in [1.82, 2.24) is 10.2 Å². The lowest BCUT2D eigenvalue weighted by Gasteiger charge is -2.36. The van der Waals surface area contributed by atoms with Crippen molar-refractivity contribution in [2.24, 2.45) is 0 Å². The van der Waals surface area contributed by atoms with Crippen molar-refractivity contribution in [2.75, 3.05) is 55.6 Å². The molecule has 1 N–H and O–H groups in total. The van der Waals surface area contributed by atoms with Gasteiger partial charge in [0.2, 0.25) is 11.8 Å². The quantitative estimate of drug-likeness (QED) is 0.694. The Balaban J connectivity index is 1.25. The predicted octanol–water partition coefficient (Wildman–Crippen LogP) is 2.98. The van der Waals surface area contributed by atoms with Crippen molar-refractivity contribution in [3.8, 4) is 0 Å². The number of amides is 2. The minimum Gasteiger partial charge on any atom is -0.367 e. The Hall–Kier alpha value is -2.58. The van der Waals surface area contributed by atoms with E-state index in [1.54, 1.807) is 22.7 Å². The largest absolute Gasteiger partial charge is 0.367 e. The van der Waals surface area contributed by atoms with Crippen LogP contribution in [0.15, 0.2) is 53.4 Å². The van der Waals surface area contributed by atoms with Crippen LogP contribution in [0.2, 0.25) is 0 Å². The number of fused-ring (bicyclic) bond motifs is 1. The van der Waals surface area contributed by atoms with Gasteiger partial charge in [0.05, 0.1) is 16.6 Å². The maximum Gasteiger partial charge on any atom is 0.240 e. The highest BCUT2D eigenvalue weighted by Crippen LogP contribution is 2.39. The number of carbonyl (C=O) groups excluding carboxylic acids is 2. The van der Waals surface area contributed by atoms with Gasteiger partial charge < -0.3 is 15.1 Å². The lowest BCUT2D eigenvalue weighted by molar-refractivity contribution is -0.123. The first-order valence-corrected chi connectivity index (χ1v) is 12.0. The van der Waals surface area contributed by atoms with Crippen LogP contribution in [0.3, 0.4) is 0 Å². The Kier molecular flexibility index (Phi) is 7.32.